The molecule has 0 fully saturated rings. The Hall–Kier alpha value is -1.07. The maximum atomic E-state index is 10.7. The number of hydrogen-bond donors (Lipinski definition) is 2. The largest absolute Gasteiger partial charge is 0.453 e. The quantitative estimate of drug-likeness (QED) is 0.800. The zero-order valence-electron chi connectivity index (χ0n) is 7.90. The summed E-state index contributed by atoms with van der Waals surface area (Å²) in [6, 6.07) is 3.75. The molecule has 2 N–H and O–H groups in total. The molecule has 1 aromatic heterocycles. The normalized spacial score (nSPS) is 12.1. The maximum absolute atomic E-state index is 10.7. The van der Waals surface area contributed by atoms with Crippen LogP contribution in [0.2, 0.25) is 0 Å². The smallest absolute Gasteiger partial charge is 0.406 e. The highest BCUT2D eigenvalue weighted by Gasteiger charge is 2.08. The van der Waals surface area contributed by atoms with Crippen molar-refractivity contribution in [2.75, 3.05) is 13.7 Å². The summed E-state index contributed by atoms with van der Waals surface area (Å²) in [5.41, 5.74) is 0. The van der Waals surface area contributed by atoms with Gasteiger partial charge in [-0.25, -0.2) is 4.79 Å². The second-order valence-electron chi connectivity index (χ2n) is 2.74. The van der Waals surface area contributed by atoms with E-state index in [1.54, 1.807) is 0 Å². The number of nitrogens with one attached hydrogen (secondary N) is 1. The van der Waals surface area contributed by atoms with Crippen molar-refractivity contribution < 1.29 is 14.6 Å². The van der Waals surface area contributed by atoms with Gasteiger partial charge in [0.2, 0.25) is 0 Å². The molecule has 0 spiro atoms. The highest BCUT2D eigenvalue weighted by Crippen LogP contribution is 2.20. The highest BCUT2D eigenvalue weighted by atomic mass is 32.1. The summed E-state index contributed by atoms with van der Waals surface area (Å²) in [5, 5.41) is 14.0. The van der Waals surface area contributed by atoms with Crippen molar-refractivity contribution in [1.29, 1.82) is 0 Å². The molecular formula is C9H13NO3S. The van der Waals surface area contributed by atoms with Crippen LogP contribution in [0, 0.1) is 0 Å². The average molecular weight is 215 g/mol. The summed E-state index contributed by atoms with van der Waals surface area (Å²) in [6.45, 7) is 0.408. The summed E-state index contributed by atoms with van der Waals surface area (Å²) in [7, 11) is 1.31. The molecule has 0 unspecified atom stereocenters. The third-order valence-corrected chi connectivity index (χ3v) is 2.72. The number of rotatable bonds is 4. The summed E-state index contributed by atoms with van der Waals surface area (Å²) in [4.78, 5) is 11.6. The van der Waals surface area contributed by atoms with E-state index in [1.807, 2.05) is 17.5 Å². The molecule has 5 heteroatoms. The molecule has 0 saturated heterocycles. The second-order valence-corrected chi connectivity index (χ2v) is 3.72. The number of carbonyl (C=O) groups excluding carboxylic acids is 1. The lowest BCUT2D eigenvalue weighted by Gasteiger charge is -2.08. The molecule has 1 rings (SSSR count). The van der Waals surface area contributed by atoms with Crippen molar-refractivity contribution in [3.05, 3.63) is 22.4 Å². The molecule has 1 heterocycles. The van der Waals surface area contributed by atoms with Gasteiger partial charge in [-0.2, -0.15) is 0 Å². The molecule has 0 aliphatic rings. The fraction of sp³-hybridized carbons (Fsp3) is 0.444. The van der Waals surface area contributed by atoms with Gasteiger partial charge in [0, 0.05) is 11.4 Å². The summed E-state index contributed by atoms with van der Waals surface area (Å²) < 4.78 is 4.39. The number of alkyl carbamates (subject to hydrolysis) is 1. The second kappa shape index (κ2) is 5.62. The Labute approximate surface area is 86.5 Å². The van der Waals surface area contributed by atoms with Crippen molar-refractivity contribution in [2.24, 2.45) is 0 Å². The molecule has 0 saturated carbocycles. The van der Waals surface area contributed by atoms with Gasteiger partial charge >= 0.3 is 6.09 Å². The Kier molecular flexibility index (Phi) is 4.42. The minimum atomic E-state index is -0.507. The molecule has 0 aliphatic carbocycles. The number of thiophene rings is 1. The van der Waals surface area contributed by atoms with Crippen LogP contribution in [0.1, 0.15) is 17.4 Å². The lowest BCUT2D eigenvalue weighted by atomic mass is 10.2. The molecule has 1 atom stereocenters. The first-order valence-corrected chi connectivity index (χ1v) is 5.15. The number of methoxy groups -OCH3 is 1. The Balaban J connectivity index is 2.22. The van der Waals surface area contributed by atoms with Gasteiger partial charge in [0.05, 0.1) is 13.2 Å². The lowest BCUT2D eigenvalue weighted by molar-refractivity contribution is 0.157. The lowest BCUT2D eigenvalue weighted by Crippen LogP contribution is -2.25. The molecule has 1 aromatic rings. The van der Waals surface area contributed by atoms with Crippen molar-refractivity contribution in [3.63, 3.8) is 0 Å². The van der Waals surface area contributed by atoms with Crippen LogP contribution in [0.15, 0.2) is 17.5 Å². The zero-order valence-corrected chi connectivity index (χ0v) is 8.71. The van der Waals surface area contributed by atoms with Crippen molar-refractivity contribution in [2.45, 2.75) is 12.5 Å². The van der Waals surface area contributed by atoms with Crippen molar-refractivity contribution in [3.8, 4) is 0 Å². The molecule has 4 nitrogen and oxygen atoms in total. The summed E-state index contributed by atoms with van der Waals surface area (Å²) in [6.07, 6.45) is -0.481. The molecule has 1 amide bonds. The number of carbonyl (C=O) groups is 1. The monoisotopic (exact) mass is 215 g/mol. The van der Waals surface area contributed by atoms with Crippen molar-refractivity contribution in [1.82, 2.24) is 5.32 Å². The van der Waals surface area contributed by atoms with Gasteiger partial charge in [-0.15, -0.1) is 11.3 Å². The van der Waals surface area contributed by atoms with Crippen LogP contribution in [-0.2, 0) is 4.74 Å². The van der Waals surface area contributed by atoms with E-state index in [0.717, 1.165) is 4.88 Å². The molecule has 78 valence electrons. The van der Waals surface area contributed by atoms with Gasteiger partial charge in [-0.3, -0.25) is 0 Å². The Bertz CT molecular complexity index is 274. The van der Waals surface area contributed by atoms with E-state index in [-0.39, 0.29) is 0 Å². The van der Waals surface area contributed by atoms with Crippen LogP contribution in [0.5, 0.6) is 0 Å². The first kappa shape index (κ1) is 11.0. The highest BCUT2D eigenvalue weighted by molar-refractivity contribution is 7.10. The maximum Gasteiger partial charge on any atom is 0.406 e. The van der Waals surface area contributed by atoms with E-state index in [4.69, 9.17) is 0 Å². The predicted molar refractivity (Wildman–Crippen MR) is 54.3 cm³/mol. The van der Waals surface area contributed by atoms with E-state index < -0.39 is 12.2 Å². The standard InChI is InChI=1S/C9H13NO3S/c1-13-9(12)10-5-4-7(11)8-3-2-6-14-8/h2-3,6-7,11H,4-5H2,1H3,(H,10,12)/t7-/m1/s1. The van der Waals surface area contributed by atoms with E-state index in [1.165, 1.54) is 18.4 Å². The van der Waals surface area contributed by atoms with E-state index in [0.29, 0.717) is 13.0 Å². The van der Waals surface area contributed by atoms with Gasteiger partial charge in [0.1, 0.15) is 0 Å². The van der Waals surface area contributed by atoms with Gasteiger partial charge in [-0.1, -0.05) is 6.07 Å². The Morgan fingerprint density at radius 2 is 2.57 bits per heavy atom. The number of hydrogen-bond acceptors (Lipinski definition) is 4. The molecule has 14 heavy (non-hydrogen) atoms. The van der Waals surface area contributed by atoms with Crippen LogP contribution in [0.4, 0.5) is 4.79 Å². The van der Waals surface area contributed by atoms with E-state index >= 15 is 0 Å². The van der Waals surface area contributed by atoms with Gasteiger partial charge < -0.3 is 15.2 Å². The van der Waals surface area contributed by atoms with Crippen LogP contribution < -0.4 is 5.32 Å². The number of aliphatic hydroxyl groups is 1. The molecule has 0 aliphatic heterocycles. The predicted octanol–water partition coefficient (Wildman–Crippen LogP) is 1.53. The molecular weight excluding hydrogens is 202 g/mol. The van der Waals surface area contributed by atoms with Crippen LogP contribution in [0.3, 0.4) is 0 Å². The van der Waals surface area contributed by atoms with Gasteiger partial charge in [0.25, 0.3) is 0 Å². The molecule has 0 radical (unpaired) electrons. The minimum absolute atomic E-state index is 0.408. The van der Waals surface area contributed by atoms with Crippen molar-refractivity contribution >= 4 is 17.4 Å². The summed E-state index contributed by atoms with van der Waals surface area (Å²) in [5.74, 6) is 0. The fourth-order valence-corrected chi connectivity index (χ4v) is 1.75. The Morgan fingerprint density at radius 3 is 3.14 bits per heavy atom. The fourth-order valence-electron chi connectivity index (χ4n) is 1.01. The van der Waals surface area contributed by atoms with E-state index in [2.05, 4.69) is 10.1 Å². The zero-order chi connectivity index (χ0) is 10.4. The van der Waals surface area contributed by atoms with E-state index in [9.17, 15) is 9.90 Å². The number of ether oxygens (including phenoxy) is 1. The van der Waals surface area contributed by atoms with Gasteiger partial charge in [0.15, 0.2) is 0 Å². The third kappa shape index (κ3) is 3.35. The average Bonchev–Trinajstić information content (AvgIpc) is 2.70. The summed E-state index contributed by atoms with van der Waals surface area (Å²) >= 11 is 1.50. The van der Waals surface area contributed by atoms with Gasteiger partial charge in [-0.05, 0) is 17.9 Å². The van der Waals surface area contributed by atoms with Crippen LogP contribution in [-0.4, -0.2) is 24.9 Å². The molecule has 0 bridgehead atoms. The molecule has 0 aromatic carbocycles. The first-order chi connectivity index (χ1) is 6.74. The minimum Gasteiger partial charge on any atom is -0.453 e. The number of aliphatic hydroxyl groups excluding tert-OH is 1. The third-order valence-electron chi connectivity index (χ3n) is 1.74. The topological polar surface area (TPSA) is 58.6 Å². The Morgan fingerprint density at radius 1 is 1.79 bits per heavy atom. The van der Waals surface area contributed by atoms with Crippen LogP contribution in [0.25, 0.3) is 0 Å². The van der Waals surface area contributed by atoms with Crippen LogP contribution >= 0.6 is 11.3 Å². The first-order valence-electron chi connectivity index (χ1n) is 4.27. The number of amides is 1. The SMILES string of the molecule is COC(=O)NCC[C@@H](O)c1cccs1.